The Kier molecular flexibility index (Phi) is 50.3. The van der Waals surface area contributed by atoms with E-state index in [1.54, 1.807) is 0 Å². The summed E-state index contributed by atoms with van der Waals surface area (Å²) in [6.45, 7) is 24.6. The van der Waals surface area contributed by atoms with E-state index in [0.717, 1.165) is 0 Å². The van der Waals surface area contributed by atoms with Crippen LogP contribution in [0.25, 0.3) is 0 Å². The summed E-state index contributed by atoms with van der Waals surface area (Å²) >= 11 is 0. The molecule has 4 atom stereocenters. The van der Waals surface area contributed by atoms with E-state index >= 15 is 0 Å². The second kappa shape index (κ2) is 53.2. The maximum atomic E-state index is 12.6. The fourth-order valence-corrected chi connectivity index (χ4v) is 6.89. The molecule has 2 amide bonds. The number of carbonyl (C=O) groups excluding carboxylic acids is 3. The van der Waals surface area contributed by atoms with Crippen LogP contribution in [0.15, 0.2) is 0 Å². The molecule has 4 unspecified atom stereocenters. The van der Waals surface area contributed by atoms with Gasteiger partial charge in [0.1, 0.15) is 24.4 Å². The van der Waals surface area contributed by atoms with Crippen molar-refractivity contribution in [2.75, 3.05) is 225 Å². The molecule has 1 fully saturated rings. The molecule has 0 radical (unpaired) electrons. The quantitative estimate of drug-likeness (QED) is 0.0627. The molecule has 0 aromatic rings. The summed E-state index contributed by atoms with van der Waals surface area (Å²) in [4.78, 5) is 41.6. The largest absolute Gasteiger partial charge is 0.379 e. The summed E-state index contributed by atoms with van der Waals surface area (Å²) in [6, 6.07) is 0. The number of hydroxylamine groups is 2. The molecule has 1 aliphatic rings. The van der Waals surface area contributed by atoms with Crippen molar-refractivity contribution >= 4 is 17.8 Å². The SMILES string of the molecule is CCOCCOCC(COCC(COCC(COCCOCC)OCCOCC)(COCC(COCCOCC)OCCOCC)COCC(COCCOCC)OCCOCC)OCCCC(=O)ON1C(=O)CCC1=O. The summed E-state index contributed by atoms with van der Waals surface area (Å²) in [5.41, 5.74) is -0.975. The van der Waals surface area contributed by atoms with Crippen LogP contribution in [0.1, 0.15) is 74.1 Å². The van der Waals surface area contributed by atoms with Gasteiger partial charge < -0.3 is 94.8 Å². The van der Waals surface area contributed by atoms with Crippen LogP contribution >= 0.6 is 0 Å². The molecule has 0 N–H and O–H groups in total. The van der Waals surface area contributed by atoms with Gasteiger partial charge in [-0.1, -0.05) is 0 Å². The Morgan fingerprint density at radius 1 is 0.364 bits per heavy atom. The van der Waals surface area contributed by atoms with Gasteiger partial charge in [0, 0.05) is 65.7 Å². The molecule has 0 bridgehead atoms. The molecule has 77 heavy (non-hydrogen) atoms. The highest BCUT2D eigenvalue weighted by Crippen LogP contribution is 2.23. The van der Waals surface area contributed by atoms with E-state index in [1.807, 2.05) is 48.5 Å². The van der Waals surface area contributed by atoms with Crippen LogP contribution in [0.5, 0.6) is 0 Å². The Balaban J connectivity index is 3.54. The van der Waals surface area contributed by atoms with Crippen LogP contribution in [0, 0.1) is 5.41 Å². The normalized spacial score (nSPS) is 15.3. The van der Waals surface area contributed by atoms with Crippen molar-refractivity contribution in [1.29, 1.82) is 0 Å². The zero-order valence-corrected chi connectivity index (χ0v) is 48.0. The summed E-state index contributed by atoms with van der Waals surface area (Å²) < 4.78 is 113. The van der Waals surface area contributed by atoms with E-state index in [0.29, 0.717) is 144 Å². The fourth-order valence-electron chi connectivity index (χ4n) is 6.89. The molecule has 456 valence electrons. The highest BCUT2D eigenvalue weighted by atomic mass is 16.7. The molecular formula is C53H101NO23. The molecule has 0 aliphatic carbocycles. The lowest BCUT2D eigenvalue weighted by Crippen LogP contribution is -2.45. The number of carbonyl (C=O) groups is 3. The highest BCUT2D eigenvalue weighted by Gasteiger charge is 2.35. The van der Waals surface area contributed by atoms with Crippen molar-refractivity contribution < 1.29 is 109 Å². The Morgan fingerprint density at radius 2 is 0.610 bits per heavy atom. The summed E-state index contributed by atoms with van der Waals surface area (Å²) in [5.74, 6) is -1.82. The van der Waals surface area contributed by atoms with Gasteiger partial charge in [-0.2, -0.15) is 0 Å². The first kappa shape index (κ1) is 72.9. The summed E-state index contributed by atoms with van der Waals surface area (Å²) in [6.07, 6.45) is -1.81. The third-order valence-corrected chi connectivity index (χ3v) is 10.8. The number of rotatable bonds is 61. The molecule has 24 heteroatoms. The van der Waals surface area contributed by atoms with Crippen molar-refractivity contribution in [3.05, 3.63) is 0 Å². The lowest BCUT2D eigenvalue weighted by atomic mass is 9.92. The van der Waals surface area contributed by atoms with Gasteiger partial charge >= 0.3 is 5.97 Å². The fraction of sp³-hybridized carbons (Fsp3) is 0.943. The molecule has 1 saturated heterocycles. The zero-order chi connectivity index (χ0) is 56.1. The summed E-state index contributed by atoms with van der Waals surface area (Å²) in [5, 5.41) is 0.532. The van der Waals surface area contributed by atoms with Crippen LogP contribution in [0.2, 0.25) is 0 Å². The third-order valence-electron chi connectivity index (χ3n) is 10.8. The Morgan fingerprint density at radius 3 is 0.896 bits per heavy atom. The molecule has 0 saturated carbocycles. The number of amides is 2. The molecule has 0 aromatic heterocycles. The zero-order valence-electron chi connectivity index (χ0n) is 48.0. The lowest BCUT2D eigenvalue weighted by Gasteiger charge is -2.35. The number of imide groups is 1. The minimum absolute atomic E-state index is 0.00255. The van der Waals surface area contributed by atoms with Gasteiger partial charge in [-0.15, -0.1) is 5.06 Å². The second-order valence-corrected chi connectivity index (χ2v) is 17.4. The minimum Gasteiger partial charge on any atom is -0.379 e. The Hall–Kier alpha value is -2.15. The Labute approximate surface area is 459 Å². The van der Waals surface area contributed by atoms with E-state index in [-0.39, 0.29) is 112 Å². The predicted octanol–water partition coefficient (Wildman–Crippen LogP) is 3.29. The molecule has 0 spiro atoms. The van der Waals surface area contributed by atoms with Gasteiger partial charge in [-0.3, -0.25) is 9.59 Å². The Bertz CT molecular complexity index is 1240. The first-order chi connectivity index (χ1) is 37.7. The maximum absolute atomic E-state index is 12.6. The smallest absolute Gasteiger partial charge is 0.333 e. The molecule has 1 rings (SSSR count). The number of ether oxygens (including phenoxy) is 19. The van der Waals surface area contributed by atoms with E-state index in [2.05, 4.69) is 0 Å². The third kappa shape index (κ3) is 41.5. The van der Waals surface area contributed by atoms with Crippen LogP contribution in [-0.2, 0) is 109 Å². The van der Waals surface area contributed by atoms with E-state index < -0.39 is 47.6 Å². The maximum Gasteiger partial charge on any atom is 0.333 e. The first-order valence-corrected chi connectivity index (χ1v) is 27.9. The summed E-state index contributed by atoms with van der Waals surface area (Å²) in [7, 11) is 0. The van der Waals surface area contributed by atoms with E-state index in [1.165, 1.54) is 0 Å². The monoisotopic (exact) mass is 1120 g/mol. The molecular weight excluding hydrogens is 1020 g/mol. The van der Waals surface area contributed by atoms with Crippen molar-refractivity contribution in [3.8, 4) is 0 Å². The van der Waals surface area contributed by atoms with Gasteiger partial charge in [0.15, 0.2) is 0 Å². The van der Waals surface area contributed by atoms with Gasteiger partial charge in [-0.25, -0.2) is 4.79 Å². The van der Waals surface area contributed by atoms with Gasteiger partial charge in [0.25, 0.3) is 11.8 Å². The molecule has 0 aromatic carbocycles. The van der Waals surface area contributed by atoms with E-state index in [9.17, 15) is 14.4 Å². The number of hydrogen-bond acceptors (Lipinski definition) is 23. The van der Waals surface area contributed by atoms with Gasteiger partial charge in [0.2, 0.25) is 0 Å². The molecule has 1 aliphatic heterocycles. The van der Waals surface area contributed by atoms with Gasteiger partial charge in [-0.05, 0) is 54.9 Å². The van der Waals surface area contributed by atoms with Gasteiger partial charge in [0.05, 0.1) is 184 Å². The lowest BCUT2D eigenvalue weighted by molar-refractivity contribution is -0.197. The second-order valence-electron chi connectivity index (χ2n) is 17.4. The van der Waals surface area contributed by atoms with Crippen molar-refractivity contribution in [3.63, 3.8) is 0 Å². The van der Waals surface area contributed by atoms with Crippen molar-refractivity contribution in [2.45, 2.75) is 98.6 Å². The molecule has 1 heterocycles. The van der Waals surface area contributed by atoms with E-state index in [4.69, 9.17) is 94.8 Å². The highest BCUT2D eigenvalue weighted by molar-refractivity contribution is 6.01. The van der Waals surface area contributed by atoms with Crippen LogP contribution in [0.4, 0.5) is 0 Å². The number of hydrogen-bond donors (Lipinski definition) is 0. The van der Waals surface area contributed by atoms with Crippen molar-refractivity contribution in [1.82, 2.24) is 5.06 Å². The number of nitrogens with zero attached hydrogens (tertiary/aromatic N) is 1. The average Bonchev–Trinajstić information content (AvgIpc) is 3.74. The van der Waals surface area contributed by atoms with Crippen LogP contribution in [-0.4, -0.2) is 272 Å². The standard InChI is InChI=1S/C53H101NO23/c1-8-58-20-24-65-34-46(73-19-15-16-52(57)77-54-50(55)17-18-51(54)56)38-69-42-53(43-70-39-47(74-31-28-62-12-5)35-66-25-21-59-9-2,44-71-40-48(75-32-29-63-13-6)36-67-26-22-60-10-3)45-72-41-49(76-33-30-64-14-7)37-68-27-23-61-11-4/h46-49H,8-45H2,1-7H3. The first-order valence-electron chi connectivity index (χ1n) is 27.9. The van der Waals surface area contributed by atoms with Crippen LogP contribution in [0.3, 0.4) is 0 Å². The predicted molar refractivity (Wildman–Crippen MR) is 280 cm³/mol. The van der Waals surface area contributed by atoms with Crippen molar-refractivity contribution in [2.24, 2.45) is 5.41 Å². The minimum atomic E-state index is -0.975. The average molecular weight is 1120 g/mol. The van der Waals surface area contributed by atoms with Crippen LogP contribution < -0.4 is 0 Å². The molecule has 24 nitrogen and oxygen atoms in total. The topological polar surface area (TPSA) is 239 Å².